The number of amides is 7. The third-order valence-corrected chi connectivity index (χ3v) is 21.9. The number of alkyl halides is 3. The number of unbranched alkanes of at least 4 members (excludes halogenated alkanes) is 2. The number of imidazole rings is 1. The van der Waals surface area contributed by atoms with Gasteiger partial charge in [0.15, 0.2) is 37.8 Å². The number of ketones is 5. The van der Waals surface area contributed by atoms with Gasteiger partial charge in [0.2, 0.25) is 35.4 Å². The first-order valence-electron chi connectivity index (χ1n) is 38.1. The first-order chi connectivity index (χ1) is 53.7. The molecule has 9 atom stereocenters. The van der Waals surface area contributed by atoms with Crippen LogP contribution in [0.25, 0.3) is 10.9 Å². The topological polar surface area (TPSA) is 456 Å². The number of aliphatic carboxylic acids is 1. The van der Waals surface area contributed by atoms with E-state index in [0.717, 1.165) is 43.3 Å². The molecule has 6 rings (SSSR count). The van der Waals surface area contributed by atoms with E-state index in [-0.39, 0.29) is 129 Å². The number of nitrogens with one attached hydrogen (secondary N) is 7. The molecule has 0 aliphatic carbocycles. The third kappa shape index (κ3) is 34.6. The summed E-state index contributed by atoms with van der Waals surface area (Å²) >= 11 is 0. The number of Topliss-reactive ketones (excluding diaryl/α,β-unsaturated/α-hetero) is 5. The Labute approximate surface area is 666 Å². The Morgan fingerprint density at radius 3 is 1.72 bits per heavy atom. The Hall–Kier alpha value is -10.2. The summed E-state index contributed by atoms with van der Waals surface area (Å²) in [6.45, 7) is 16.5. The van der Waals surface area contributed by atoms with Gasteiger partial charge in [0, 0.05) is 118 Å². The maximum Gasteiger partial charge on any atom is 0.430 e. The monoisotopic (exact) mass is 1630 g/mol. The van der Waals surface area contributed by atoms with Crippen LogP contribution in [-0.4, -0.2) is 146 Å². The average molecular weight is 1630 g/mol. The summed E-state index contributed by atoms with van der Waals surface area (Å²) in [6, 6.07) is 29.3. The molecule has 0 saturated carbocycles. The molecule has 0 bridgehead atoms. The fraction of sp³-hybridized carbons (Fsp3) is 0.488. The minimum atomic E-state index is -5.19. The number of carbonyl (C=O) groups excluding carboxylic acids is 13. The number of carboxylic acid groups (broad SMARTS) is 1. The van der Waals surface area contributed by atoms with Crippen molar-refractivity contribution in [3.63, 3.8) is 0 Å². The maximum atomic E-state index is 14.1. The van der Waals surface area contributed by atoms with Crippen molar-refractivity contribution in [3.05, 3.63) is 145 Å². The second-order valence-electron chi connectivity index (χ2n) is 29.2. The number of H-pyrrole nitrogens is 2. The Morgan fingerprint density at radius 1 is 0.605 bits per heavy atom. The Bertz CT molecular complexity index is 4240. The van der Waals surface area contributed by atoms with E-state index in [1.165, 1.54) is 13.3 Å². The van der Waals surface area contributed by atoms with Gasteiger partial charge in [0.05, 0.1) is 35.3 Å². The molecule has 6 aromatic rings. The predicted octanol–water partition coefficient (Wildman–Crippen LogP) is 8.62. The van der Waals surface area contributed by atoms with Gasteiger partial charge in [-0.2, -0.15) is 21.6 Å². The second-order valence-corrected chi connectivity index (χ2v) is 32.7. The Morgan fingerprint density at radius 2 is 1.18 bits per heavy atom. The third-order valence-electron chi connectivity index (χ3n) is 18.9. The van der Waals surface area contributed by atoms with Gasteiger partial charge in [0.25, 0.3) is 16.0 Å². The Balaban J connectivity index is 0.000000578. The van der Waals surface area contributed by atoms with Crippen LogP contribution in [0.15, 0.2) is 143 Å². The van der Waals surface area contributed by atoms with Crippen LogP contribution in [0.4, 0.5) is 13.2 Å². The zero-order valence-corrected chi connectivity index (χ0v) is 67.6. The molecule has 32 heteroatoms. The standard InChI is InChI=1S/C57H69N5O11S2.C23H39N5O4.C2HF3O2/c1-5-17-51(65)54(37(2)3)62-55(68)38(4)32-52(66)48(34-41-35-59-47-24-16-15-23-46(41)47)60-57(70)40(28-31-53(58)67)33-42(63)18-9-6-14-25-50(64)49(36-75(71,72)73)61-56(69)39-26-29-45(30-27-39)74(43-19-10-7-11-20-43)44-21-12-8-13-22-44;1-6-15(4)17(7-8-22(31)28-20(23(24)32)9-14(2)3)10-21(30)19(27-16(5)29)11-18-12-25-13-26-18;3-2(4,5)1(6)7/h7-8,10-13,15-16,19-24,26-27,29-30,35,37-38,40,48-49,54,59H,5-6,9,14,17-18,25,28,31-34,36H2,1-4H3,(H5-,58,60,61,62,67,68,69,70,71,72,73);12-15,17,19-20H,6-11H2,1-5H3,(H2,24,32)(H,25,26)(H,27,29)(H,28,31);(H,6,7)/t38-,40-,48+,49+,54+;15-,17-,19-,20-;/m10./s1. The number of fused-ring (bicyclic) bond motifs is 1. The zero-order valence-electron chi connectivity index (χ0n) is 65.9. The number of primary amides is 2. The van der Waals surface area contributed by atoms with E-state index in [2.05, 4.69) is 48.5 Å². The summed E-state index contributed by atoms with van der Waals surface area (Å²) in [5.74, 6) is -10.8. The molecule has 0 aliphatic heterocycles. The average Bonchev–Trinajstić information content (AvgIpc) is 1.42. The number of hydrogen-bond donors (Lipinski definition) is 10. The number of para-hydroxylation sites is 1. The van der Waals surface area contributed by atoms with Crippen molar-refractivity contribution >= 4 is 108 Å². The minimum absolute atomic E-state index is 0.00580. The van der Waals surface area contributed by atoms with Crippen LogP contribution in [0.3, 0.4) is 0 Å². The lowest BCUT2D eigenvalue weighted by Gasteiger charge is -2.25. The van der Waals surface area contributed by atoms with Crippen molar-refractivity contribution in [1.29, 1.82) is 0 Å². The molecule has 2 heterocycles. The lowest BCUT2D eigenvalue weighted by atomic mass is 9.82. The van der Waals surface area contributed by atoms with E-state index in [1.807, 2.05) is 139 Å². The fourth-order valence-electron chi connectivity index (χ4n) is 12.6. The highest BCUT2D eigenvalue weighted by Gasteiger charge is 2.35. The lowest BCUT2D eigenvalue weighted by molar-refractivity contribution is -0.344. The molecule has 622 valence electrons. The van der Waals surface area contributed by atoms with Gasteiger partial charge >= 0.3 is 6.18 Å². The van der Waals surface area contributed by atoms with Gasteiger partial charge in [-0.1, -0.05) is 123 Å². The summed E-state index contributed by atoms with van der Waals surface area (Å²) in [5, 5.41) is 23.2. The van der Waals surface area contributed by atoms with Crippen LogP contribution < -0.4 is 43.2 Å². The van der Waals surface area contributed by atoms with Crippen molar-refractivity contribution in [3.8, 4) is 0 Å². The number of carboxylic acids is 1. The molecule has 4 aromatic carbocycles. The van der Waals surface area contributed by atoms with E-state index in [1.54, 1.807) is 31.5 Å². The molecule has 12 N–H and O–H groups in total. The van der Waals surface area contributed by atoms with Gasteiger partial charge in [-0.3, -0.25) is 62.1 Å². The van der Waals surface area contributed by atoms with Crippen molar-refractivity contribution in [2.45, 2.75) is 229 Å². The molecule has 2 aromatic heterocycles. The largest absolute Gasteiger partial charge is 0.542 e. The van der Waals surface area contributed by atoms with Crippen LogP contribution in [0.1, 0.15) is 187 Å². The predicted molar refractivity (Wildman–Crippen MR) is 422 cm³/mol. The van der Waals surface area contributed by atoms with E-state index >= 15 is 0 Å². The number of rotatable bonds is 47. The fourth-order valence-corrected chi connectivity index (χ4v) is 15.3. The minimum Gasteiger partial charge on any atom is -0.542 e. The van der Waals surface area contributed by atoms with Gasteiger partial charge in [-0.25, -0.2) is 4.98 Å². The summed E-state index contributed by atoms with van der Waals surface area (Å²) in [7, 11) is -5.18. The number of benzene rings is 4. The maximum absolute atomic E-state index is 14.1. The number of aromatic amines is 2. The van der Waals surface area contributed by atoms with E-state index in [0.29, 0.717) is 38.5 Å². The highest BCUT2D eigenvalue weighted by atomic mass is 32.2. The van der Waals surface area contributed by atoms with Crippen molar-refractivity contribution in [1.82, 2.24) is 41.5 Å². The molecule has 0 aliphatic rings. The molecule has 27 nitrogen and oxygen atoms in total. The number of aromatic nitrogens is 3. The van der Waals surface area contributed by atoms with E-state index < -0.39 is 122 Å². The molecular formula is C82H109F3N10O17S2. The lowest BCUT2D eigenvalue weighted by Crippen LogP contribution is -2.48. The van der Waals surface area contributed by atoms with Crippen molar-refractivity contribution in [2.75, 3.05) is 5.75 Å². The molecule has 0 unspecified atom stereocenters. The molecular weight excluding hydrogens is 1520 g/mol. The Kier molecular flexibility index (Phi) is 40.6. The molecule has 0 spiro atoms. The zero-order chi connectivity index (χ0) is 85.0. The smallest absolute Gasteiger partial charge is 0.430 e. The van der Waals surface area contributed by atoms with Gasteiger partial charge in [0.1, 0.15) is 29.6 Å². The van der Waals surface area contributed by atoms with E-state index in [9.17, 15) is 83.7 Å². The van der Waals surface area contributed by atoms with Crippen LogP contribution in [-0.2, 0) is 91.4 Å². The molecule has 7 amide bonds. The summed E-state index contributed by atoms with van der Waals surface area (Å²) in [6.07, 6.45) is 3.15. The van der Waals surface area contributed by atoms with Gasteiger partial charge in [-0.15, -0.1) is 0 Å². The van der Waals surface area contributed by atoms with Crippen LogP contribution in [0.5, 0.6) is 0 Å². The van der Waals surface area contributed by atoms with E-state index in [4.69, 9.17) is 21.4 Å². The summed E-state index contributed by atoms with van der Waals surface area (Å²) in [5.41, 5.74) is 13.4. The second kappa shape index (κ2) is 48.1. The van der Waals surface area contributed by atoms with Gasteiger partial charge in [-0.05, 0) is 122 Å². The highest BCUT2D eigenvalue weighted by Crippen LogP contribution is 2.32. The summed E-state index contributed by atoms with van der Waals surface area (Å²) < 4.78 is 65.3. The number of halogens is 3. The number of hydrogen-bond acceptors (Lipinski definition) is 17. The number of carbonyl (C=O) groups is 13. The quantitative estimate of drug-likeness (QED) is 0.00970. The molecule has 0 saturated heterocycles. The van der Waals surface area contributed by atoms with Gasteiger partial charge < -0.3 is 57.9 Å². The number of nitrogens with two attached hydrogens (primary N) is 2. The first-order valence-corrected chi connectivity index (χ1v) is 40.9. The number of nitrogens with zero attached hydrogens (tertiary/aromatic N) is 1. The summed E-state index contributed by atoms with van der Waals surface area (Å²) in [4.78, 5) is 177. The molecule has 0 fully saturated rings. The van der Waals surface area contributed by atoms with Crippen molar-refractivity contribution in [2.24, 2.45) is 47.0 Å². The molecule has 114 heavy (non-hydrogen) atoms. The van der Waals surface area contributed by atoms with Crippen LogP contribution >= 0.6 is 0 Å². The normalized spacial score (nSPS) is 13.8. The first kappa shape index (κ1) is 96.2. The SMILES string of the molecule is CCCC(=O)[C@@H](NC(=O)[C@H](C)CC(=O)[C@H](Cc1c[nH]c2ccccc12)NC(=O)[C@H](CCC(N)=O)CC(=O)CCCCCC(=O)[C@H](CS(=O)(=O)O)NC(=O)c1ccc([S+](c2ccccc2)c2ccccc2)cc1)C(C)C.CC[C@H](C)[C@@H](CCC(=O)N[C@@H](CC(C)C)C(N)=O)CC(=O)[C@H](Cc1cnc[nH]1)NC(C)=O.O=C([O-])C(F)(F)F. The van der Waals surface area contributed by atoms with Crippen LogP contribution in [0.2, 0.25) is 0 Å². The molecule has 0 radical (unpaired) electrons. The highest BCUT2D eigenvalue weighted by molar-refractivity contribution is 7.97. The van der Waals surface area contributed by atoms with Crippen LogP contribution in [0, 0.1) is 35.5 Å². The van der Waals surface area contributed by atoms with Crippen molar-refractivity contribution < 1.29 is 93.6 Å².